The van der Waals surface area contributed by atoms with E-state index in [1.807, 2.05) is 29.2 Å². The molecule has 154 valence electrons. The topological polar surface area (TPSA) is 68.8 Å². The molecule has 0 unspecified atom stereocenters. The SMILES string of the molecule is CN=C(NCc1cccc(NC(=O)N2CCCC2)c1)NCc1ccc(C)cc1C. The van der Waals surface area contributed by atoms with E-state index in [2.05, 4.69) is 53.0 Å². The molecule has 6 nitrogen and oxygen atoms in total. The Balaban J connectivity index is 1.52. The van der Waals surface area contributed by atoms with Crippen LogP contribution in [0.1, 0.15) is 35.1 Å². The Morgan fingerprint density at radius 2 is 1.79 bits per heavy atom. The molecule has 0 atom stereocenters. The molecule has 2 aromatic rings. The lowest BCUT2D eigenvalue weighted by Crippen LogP contribution is -2.36. The van der Waals surface area contributed by atoms with Gasteiger partial charge in [-0.15, -0.1) is 0 Å². The third kappa shape index (κ3) is 5.98. The van der Waals surface area contributed by atoms with Crippen molar-refractivity contribution in [1.82, 2.24) is 15.5 Å². The molecule has 29 heavy (non-hydrogen) atoms. The maximum Gasteiger partial charge on any atom is 0.321 e. The van der Waals surface area contributed by atoms with E-state index in [-0.39, 0.29) is 6.03 Å². The summed E-state index contributed by atoms with van der Waals surface area (Å²) >= 11 is 0. The number of carbonyl (C=O) groups is 1. The highest BCUT2D eigenvalue weighted by atomic mass is 16.2. The molecule has 0 aliphatic carbocycles. The Morgan fingerprint density at radius 3 is 2.52 bits per heavy atom. The van der Waals surface area contributed by atoms with E-state index in [0.717, 1.165) is 49.7 Å². The van der Waals surface area contributed by atoms with E-state index >= 15 is 0 Å². The van der Waals surface area contributed by atoms with Crippen LogP contribution in [0.15, 0.2) is 47.5 Å². The molecule has 0 bridgehead atoms. The first-order valence-corrected chi connectivity index (χ1v) is 10.2. The van der Waals surface area contributed by atoms with Gasteiger partial charge in [-0.1, -0.05) is 35.9 Å². The standard InChI is InChI=1S/C23H31N5O/c1-17-9-10-20(18(2)13-17)16-26-22(24-3)25-15-19-7-6-8-21(14-19)27-23(29)28-11-4-5-12-28/h6-10,13-14H,4-5,11-12,15-16H2,1-3H3,(H,27,29)(H2,24,25,26). The van der Waals surface area contributed by atoms with Crippen LogP contribution in [0.3, 0.4) is 0 Å². The average Bonchev–Trinajstić information content (AvgIpc) is 3.25. The van der Waals surface area contributed by atoms with Gasteiger partial charge in [0.15, 0.2) is 5.96 Å². The molecule has 1 heterocycles. The number of likely N-dealkylation sites (tertiary alicyclic amines) is 1. The number of guanidine groups is 1. The van der Waals surface area contributed by atoms with Crippen molar-refractivity contribution in [2.75, 3.05) is 25.5 Å². The minimum atomic E-state index is -0.0152. The highest BCUT2D eigenvalue weighted by molar-refractivity contribution is 5.89. The molecular weight excluding hydrogens is 362 g/mol. The van der Waals surface area contributed by atoms with Gasteiger partial charge in [0.25, 0.3) is 0 Å². The van der Waals surface area contributed by atoms with Crippen LogP contribution in [0.4, 0.5) is 10.5 Å². The number of nitrogens with zero attached hydrogens (tertiary/aromatic N) is 2. The van der Waals surface area contributed by atoms with Crippen molar-refractivity contribution in [2.24, 2.45) is 4.99 Å². The Morgan fingerprint density at radius 1 is 1.03 bits per heavy atom. The number of carbonyl (C=O) groups excluding carboxylic acids is 1. The summed E-state index contributed by atoms with van der Waals surface area (Å²) in [6.45, 7) is 7.26. The molecule has 0 radical (unpaired) electrons. The van der Waals surface area contributed by atoms with Crippen molar-refractivity contribution in [3.8, 4) is 0 Å². The van der Waals surface area contributed by atoms with Crippen molar-refractivity contribution >= 4 is 17.7 Å². The summed E-state index contributed by atoms with van der Waals surface area (Å²) in [6.07, 6.45) is 2.18. The first-order valence-electron chi connectivity index (χ1n) is 10.2. The number of amides is 2. The van der Waals surface area contributed by atoms with E-state index < -0.39 is 0 Å². The van der Waals surface area contributed by atoms with E-state index in [1.54, 1.807) is 7.05 Å². The summed E-state index contributed by atoms with van der Waals surface area (Å²) in [5, 5.41) is 9.70. The van der Waals surface area contributed by atoms with Crippen LogP contribution < -0.4 is 16.0 Å². The van der Waals surface area contributed by atoms with Crippen LogP contribution in [0.5, 0.6) is 0 Å². The number of nitrogens with one attached hydrogen (secondary N) is 3. The number of benzene rings is 2. The lowest BCUT2D eigenvalue weighted by atomic mass is 10.1. The second kappa shape index (κ2) is 9.96. The smallest absolute Gasteiger partial charge is 0.321 e. The van der Waals surface area contributed by atoms with E-state index in [1.165, 1.54) is 16.7 Å². The maximum atomic E-state index is 12.3. The quantitative estimate of drug-likeness (QED) is 0.535. The first-order chi connectivity index (χ1) is 14.0. The average molecular weight is 394 g/mol. The molecule has 0 saturated carbocycles. The molecule has 0 spiro atoms. The third-order valence-electron chi connectivity index (χ3n) is 5.20. The molecule has 2 aromatic carbocycles. The Kier molecular flexibility index (Phi) is 7.11. The van der Waals surface area contributed by atoms with Gasteiger partial charge >= 0.3 is 6.03 Å². The minimum Gasteiger partial charge on any atom is -0.352 e. The van der Waals surface area contributed by atoms with Crippen LogP contribution in [-0.2, 0) is 13.1 Å². The predicted octanol–water partition coefficient (Wildman–Crippen LogP) is 3.80. The second-order valence-corrected chi connectivity index (χ2v) is 7.53. The summed E-state index contributed by atoms with van der Waals surface area (Å²) < 4.78 is 0. The first kappa shape index (κ1) is 20.7. The van der Waals surface area contributed by atoms with E-state index in [9.17, 15) is 4.79 Å². The number of hydrogen-bond donors (Lipinski definition) is 3. The van der Waals surface area contributed by atoms with Gasteiger partial charge in [0.2, 0.25) is 0 Å². The number of urea groups is 1. The van der Waals surface area contributed by atoms with Gasteiger partial charge in [-0.3, -0.25) is 4.99 Å². The minimum absolute atomic E-state index is 0.0152. The lowest BCUT2D eigenvalue weighted by Gasteiger charge is -2.17. The van der Waals surface area contributed by atoms with Crippen molar-refractivity contribution < 1.29 is 4.79 Å². The zero-order chi connectivity index (χ0) is 20.6. The number of rotatable bonds is 5. The predicted molar refractivity (Wildman–Crippen MR) is 119 cm³/mol. The highest BCUT2D eigenvalue weighted by Crippen LogP contribution is 2.14. The van der Waals surface area contributed by atoms with Crippen molar-refractivity contribution in [1.29, 1.82) is 0 Å². The van der Waals surface area contributed by atoms with Gasteiger partial charge in [0.1, 0.15) is 0 Å². The van der Waals surface area contributed by atoms with Gasteiger partial charge in [-0.25, -0.2) is 4.79 Å². The van der Waals surface area contributed by atoms with Crippen LogP contribution in [-0.4, -0.2) is 37.0 Å². The van der Waals surface area contributed by atoms with Crippen molar-refractivity contribution in [3.05, 3.63) is 64.7 Å². The zero-order valence-corrected chi connectivity index (χ0v) is 17.6. The highest BCUT2D eigenvalue weighted by Gasteiger charge is 2.17. The van der Waals surface area contributed by atoms with E-state index in [0.29, 0.717) is 6.54 Å². The summed E-state index contributed by atoms with van der Waals surface area (Å²) in [7, 11) is 1.77. The summed E-state index contributed by atoms with van der Waals surface area (Å²) in [6, 6.07) is 14.4. The number of hydrogen-bond acceptors (Lipinski definition) is 2. The zero-order valence-electron chi connectivity index (χ0n) is 17.6. The van der Waals surface area contributed by atoms with Gasteiger partial charge in [0.05, 0.1) is 0 Å². The summed E-state index contributed by atoms with van der Waals surface area (Å²) in [4.78, 5) is 18.4. The van der Waals surface area contributed by atoms with Crippen molar-refractivity contribution in [3.63, 3.8) is 0 Å². The molecule has 0 aromatic heterocycles. The largest absolute Gasteiger partial charge is 0.352 e. The summed E-state index contributed by atoms with van der Waals surface area (Å²) in [5.41, 5.74) is 5.70. The molecule has 1 aliphatic heterocycles. The molecule has 3 N–H and O–H groups in total. The second-order valence-electron chi connectivity index (χ2n) is 7.53. The third-order valence-corrected chi connectivity index (χ3v) is 5.20. The number of aliphatic imine (C=N–C) groups is 1. The molecule has 1 aliphatic rings. The van der Waals surface area contributed by atoms with Crippen molar-refractivity contribution in [2.45, 2.75) is 39.8 Å². The normalized spacial score (nSPS) is 14.0. The monoisotopic (exact) mass is 393 g/mol. The number of aryl methyl sites for hydroxylation is 2. The fourth-order valence-electron chi connectivity index (χ4n) is 3.51. The van der Waals surface area contributed by atoms with E-state index in [4.69, 9.17) is 0 Å². The lowest BCUT2D eigenvalue weighted by molar-refractivity contribution is 0.222. The maximum absolute atomic E-state index is 12.3. The van der Waals surface area contributed by atoms with Gasteiger partial charge in [-0.2, -0.15) is 0 Å². The van der Waals surface area contributed by atoms with Gasteiger partial charge < -0.3 is 20.9 Å². The fraction of sp³-hybridized carbons (Fsp3) is 0.391. The van der Waals surface area contributed by atoms with Crippen LogP contribution in [0.25, 0.3) is 0 Å². The van der Waals surface area contributed by atoms with Gasteiger partial charge in [0, 0.05) is 38.9 Å². The molecule has 2 amide bonds. The molecule has 1 saturated heterocycles. The molecule has 1 fully saturated rings. The number of anilines is 1. The van der Waals surface area contributed by atoms with Crippen LogP contribution >= 0.6 is 0 Å². The molecular formula is C23H31N5O. The molecule has 3 rings (SSSR count). The fourth-order valence-corrected chi connectivity index (χ4v) is 3.51. The summed E-state index contributed by atoms with van der Waals surface area (Å²) in [5.74, 6) is 0.747. The Bertz CT molecular complexity index is 871. The van der Waals surface area contributed by atoms with Gasteiger partial charge in [-0.05, 0) is 55.5 Å². The Hall–Kier alpha value is -3.02. The van der Waals surface area contributed by atoms with Crippen LogP contribution in [0, 0.1) is 13.8 Å². The molecule has 6 heteroatoms. The Labute approximate surface area is 173 Å². The van der Waals surface area contributed by atoms with Crippen LogP contribution in [0.2, 0.25) is 0 Å².